The molecule has 12 heavy (non-hydrogen) atoms. The standard InChI is InChI=1S/C6H12N4O2/c7-4-1-10(2-4)3-5(11)9-6(8)12/h4H,1-3,7H2,(H3,8,9,11,12). The van der Waals surface area contributed by atoms with Gasteiger partial charge in [-0.25, -0.2) is 4.79 Å². The molecule has 5 N–H and O–H groups in total. The second-order valence-electron chi connectivity index (χ2n) is 2.87. The second kappa shape index (κ2) is 3.51. The molecule has 1 heterocycles. The van der Waals surface area contributed by atoms with Gasteiger partial charge in [0.05, 0.1) is 6.54 Å². The minimum Gasteiger partial charge on any atom is -0.351 e. The van der Waals surface area contributed by atoms with Gasteiger partial charge in [-0.15, -0.1) is 0 Å². The summed E-state index contributed by atoms with van der Waals surface area (Å²) in [4.78, 5) is 22.9. The lowest BCUT2D eigenvalue weighted by atomic mass is 10.1. The summed E-state index contributed by atoms with van der Waals surface area (Å²) in [6, 6.07) is -0.656. The van der Waals surface area contributed by atoms with Crippen molar-refractivity contribution in [3.05, 3.63) is 0 Å². The van der Waals surface area contributed by atoms with E-state index in [9.17, 15) is 9.59 Å². The van der Waals surface area contributed by atoms with E-state index in [0.29, 0.717) is 13.1 Å². The van der Waals surface area contributed by atoms with Gasteiger partial charge in [0.15, 0.2) is 0 Å². The lowest BCUT2D eigenvalue weighted by Gasteiger charge is -2.35. The molecule has 0 aliphatic carbocycles. The number of nitrogens with two attached hydrogens (primary N) is 2. The maximum absolute atomic E-state index is 10.9. The minimum atomic E-state index is -0.815. The smallest absolute Gasteiger partial charge is 0.318 e. The molecular formula is C6H12N4O2. The SMILES string of the molecule is NC(=O)NC(=O)CN1CC(N)C1. The lowest BCUT2D eigenvalue weighted by Crippen LogP contribution is -2.58. The molecule has 0 bridgehead atoms. The van der Waals surface area contributed by atoms with E-state index >= 15 is 0 Å². The van der Waals surface area contributed by atoms with Gasteiger partial charge in [-0.05, 0) is 0 Å². The fourth-order valence-electron chi connectivity index (χ4n) is 1.12. The number of hydrogen-bond acceptors (Lipinski definition) is 4. The molecule has 3 amide bonds. The highest BCUT2D eigenvalue weighted by Gasteiger charge is 2.24. The van der Waals surface area contributed by atoms with E-state index in [1.165, 1.54) is 0 Å². The number of primary amides is 1. The maximum atomic E-state index is 10.9. The summed E-state index contributed by atoms with van der Waals surface area (Å²) in [6.07, 6.45) is 0. The molecule has 68 valence electrons. The van der Waals surface area contributed by atoms with Crippen molar-refractivity contribution in [2.75, 3.05) is 19.6 Å². The molecule has 0 saturated carbocycles. The first kappa shape index (κ1) is 8.95. The molecule has 0 aromatic heterocycles. The topological polar surface area (TPSA) is 101 Å². The van der Waals surface area contributed by atoms with Crippen LogP contribution < -0.4 is 16.8 Å². The number of hydrogen-bond donors (Lipinski definition) is 3. The number of carbonyl (C=O) groups is 2. The Bertz CT molecular complexity index is 200. The average Bonchev–Trinajstić information content (AvgIpc) is 1.82. The van der Waals surface area contributed by atoms with E-state index in [1.807, 2.05) is 10.2 Å². The van der Waals surface area contributed by atoms with Crippen LogP contribution >= 0.6 is 0 Å². The van der Waals surface area contributed by atoms with Crippen molar-refractivity contribution in [2.24, 2.45) is 11.5 Å². The first-order valence-electron chi connectivity index (χ1n) is 3.65. The molecule has 1 aliphatic rings. The predicted molar refractivity (Wildman–Crippen MR) is 42.1 cm³/mol. The van der Waals surface area contributed by atoms with E-state index in [0.717, 1.165) is 0 Å². The summed E-state index contributed by atoms with van der Waals surface area (Å²) in [7, 11) is 0. The summed E-state index contributed by atoms with van der Waals surface area (Å²) >= 11 is 0. The molecule has 6 nitrogen and oxygen atoms in total. The highest BCUT2D eigenvalue weighted by molar-refractivity contribution is 5.94. The van der Waals surface area contributed by atoms with Crippen molar-refractivity contribution in [2.45, 2.75) is 6.04 Å². The van der Waals surface area contributed by atoms with E-state index < -0.39 is 6.03 Å². The van der Waals surface area contributed by atoms with Crippen molar-refractivity contribution < 1.29 is 9.59 Å². The number of nitrogens with one attached hydrogen (secondary N) is 1. The van der Waals surface area contributed by atoms with Crippen LogP contribution in [0.15, 0.2) is 0 Å². The summed E-state index contributed by atoms with van der Waals surface area (Å²) in [5.41, 5.74) is 10.2. The van der Waals surface area contributed by atoms with E-state index in [1.54, 1.807) is 0 Å². The van der Waals surface area contributed by atoms with Crippen LogP contribution in [0.25, 0.3) is 0 Å². The zero-order chi connectivity index (χ0) is 9.14. The molecule has 1 saturated heterocycles. The second-order valence-corrected chi connectivity index (χ2v) is 2.87. The first-order valence-corrected chi connectivity index (χ1v) is 3.65. The van der Waals surface area contributed by atoms with Crippen molar-refractivity contribution in [3.63, 3.8) is 0 Å². The number of nitrogens with zero attached hydrogens (tertiary/aromatic N) is 1. The Balaban J connectivity index is 2.15. The molecule has 0 unspecified atom stereocenters. The van der Waals surface area contributed by atoms with Gasteiger partial charge in [-0.3, -0.25) is 15.0 Å². The summed E-state index contributed by atoms with van der Waals surface area (Å²) < 4.78 is 0. The van der Waals surface area contributed by atoms with Crippen LogP contribution in [0.2, 0.25) is 0 Å². The fourth-order valence-corrected chi connectivity index (χ4v) is 1.12. The Morgan fingerprint density at radius 1 is 1.50 bits per heavy atom. The summed E-state index contributed by atoms with van der Waals surface area (Å²) in [6.45, 7) is 1.59. The van der Waals surface area contributed by atoms with Crippen LogP contribution in [0.5, 0.6) is 0 Å². The third kappa shape index (κ3) is 2.48. The van der Waals surface area contributed by atoms with Crippen LogP contribution in [0.4, 0.5) is 4.79 Å². The fraction of sp³-hybridized carbons (Fsp3) is 0.667. The Morgan fingerprint density at radius 3 is 2.50 bits per heavy atom. The number of carbonyl (C=O) groups excluding carboxylic acids is 2. The van der Waals surface area contributed by atoms with Crippen LogP contribution in [-0.4, -0.2) is 42.5 Å². The van der Waals surface area contributed by atoms with E-state index in [-0.39, 0.29) is 18.5 Å². The minimum absolute atomic E-state index is 0.159. The highest BCUT2D eigenvalue weighted by Crippen LogP contribution is 2.02. The van der Waals surface area contributed by atoms with Gasteiger partial charge in [0, 0.05) is 19.1 Å². The number of imide groups is 1. The van der Waals surface area contributed by atoms with Crippen molar-refractivity contribution in [1.29, 1.82) is 0 Å². The largest absolute Gasteiger partial charge is 0.351 e. The molecule has 6 heteroatoms. The molecule has 0 aromatic carbocycles. The van der Waals surface area contributed by atoms with Gasteiger partial charge >= 0.3 is 6.03 Å². The van der Waals surface area contributed by atoms with Crippen LogP contribution in [0.3, 0.4) is 0 Å². The zero-order valence-corrected chi connectivity index (χ0v) is 6.62. The van der Waals surface area contributed by atoms with Crippen molar-refractivity contribution in [1.82, 2.24) is 10.2 Å². The van der Waals surface area contributed by atoms with Gasteiger partial charge < -0.3 is 11.5 Å². The zero-order valence-electron chi connectivity index (χ0n) is 6.62. The Morgan fingerprint density at radius 2 is 2.08 bits per heavy atom. The van der Waals surface area contributed by atoms with Gasteiger partial charge in [0.1, 0.15) is 0 Å². The van der Waals surface area contributed by atoms with Crippen molar-refractivity contribution >= 4 is 11.9 Å². The Kier molecular flexibility index (Phi) is 2.61. The maximum Gasteiger partial charge on any atom is 0.318 e. The summed E-state index contributed by atoms with van der Waals surface area (Å²) in [5, 5.41) is 1.97. The number of urea groups is 1. The monoisotopic (exact) mass is 172 g/mol. The quantitative estimate of drug-likeness (QED) is 0.441. The van der Waals surface area contributed by atoms with Crippen LogP contribution in [0.1, 0.15) is 0 Å². The van der Waals surface area contributed by atoms with E-state index in [4.69, 9.17) is 11.5 Å². The average molecular weight is 172 g/mol. The molecule has 0 radical (unpaired) electrons. The molecule has 1 aliphatic heterocycles. The molecule has 0 atom stereocenters. The number of rotatable bonds is 2. The molecule has 0 aromatic rings. The predicted octanol–water partition coefficient (Wildman–Crippen LogP) is -2.18. The third-order valence-corrected chi connectivity index (χ3v) is 1.62. The normalized spacial score (nSPS) is 18.4. The third-order valence-electron chi connectivity index (χ3n) is 1.62. The van der Waals surface area contributed by atoms with Gasteiger partial charge in [0.25, 0.3) is 0 Å². The van der Waals surface area contributed by atoms with Crippen molar-refractivity contribution in [3.8, 4) is 0 Å². The molecule has 0 spiro atoms. The van der Waals surface area contributed by atoms with Crippen LogP contribution in [0, 0.1) is 0 Å². The Labute approximate surface area is 69.9 Å². The van der Waals surface area contributed by atoms with E-state index in [2.05, 4.69) is 0 Å². The lowest BCUT2D eigenvalue weighted by molar-refractivity contribution is -0.122. The first-order chi connectivity index (χ1) is 5.58. The van der Waals surface area contributed by atoms with Gasteiger partial charge in [-0.2, -0.15) is 0 Å². The van der Waals surface area contributed by atoms with Crippen LogP contribution in [-0.2, 0) is 4.79 Å². The molecular weight excluding hydrogens is 160 g/mol. The number of likely N-dealkylation sites (tertiary alicyclic amines) is 1. The Hall–Kier alpha value is -1.14. The van der Waals surface area contributed by atoms with Gasteiger partial charge in [0.2, 0.25) is 5.91 Å². The molecule has 1 rings (SSSR count). The molecule has 1 fully saturated rings. The summed E-state index contributed by atoms with van der Waals surface area (Å²) in [5.74, 6) is -0.380. The highest BCUT2D eigenvalue weighted by atomic mass is 16.2. The number of amides is 3. The van der Waals surface area contributed by atoms with Gasteiger partial charge in [-0.1, -0.05) is 0 Å².